The third-order valence-electron chi connectivity index (χ3n) is 9.32. The Morgan fingerprint density at radius 2 is 1.08 bits per heavy atom. The summed E-state index contributed by atoms with van der Waals surface area (Å²) in [6, 6.07) is -0.902. The Bertz CT molecular complexity index is 948. The minimum Gasteiger partial charge on any atom is -0.756 e. The summed E-state index contributed by atoms with van der Waals surface area (Å²) in [4.78, 5) is 25.2. The number of allylic oxidation sites excluding steroid dienone is 5. The van der Waals surface area contributed by atoms with Gasteiger partial charge in [-0.3, -0.25) is 9.36 Å². The molecule has 52 heavy (non-hydrogen) atoms. The standard InChI is InChI=1S/C43H83N2O6P/c1-6-8-10-12-14-16-18-20-21-22-23-25-27-29-31-33-35-37-43(47)44-41(40-51-52(48,49)50-39-38-45(3,4)5)42(46)36-34-32-30-28-26-24-19-17-15-13-11-9-7-2/h20-21,26,28,34,36,41-42,46H,6-19,22-25,27,29-33,35,37-40H2,1-5H3,(H-,44,47,48,49)/b21-20-,28-26+,36-34+. The van der Waals surface area contributed by atoms with E-state index in [1.807, 2.05) is 27.2 Å². The first-order valence-corrected chi connectivity index (χ1v) is 22.8. The molecule has 306 valence electrons. The van der Waals surface area contributed by atoms with Crippen molar-refractivity contribution in [2.45, 2.75) is 193 Å². The molecular formula is C43H83N2O6P. The van der Waals surface area contributed by atoms with Crippen molar-refractivity contribution >= 4 is 13.7 Å². The van der Waals surface area contributed by atoms with Crippen LogP contribution in [0.15, 0.2) is 36.5 Å². The molecule has 3 atom stereocenters. The maximum absolute atomic E-state index is 12.8. The van der Waals surface area contributed by atoms with E-state index < -0.39 is 26.6 Å². The number of nitrogens with one attached hydrogen (secondary N) is 1. The third kappa shape index (κ3) is 37.1. The predicted molar refractivity (Wildman–Crippen MR) is 219 cm³/mol. The maximum Gasteiger partial charge on any atom is 0.268 e. The molecule has 0 fully saturated rings. The number of carbonyl (C=O) groups is 1. The molecule has 0 saturated carbocycles. The molecule has 9 heteroatoms. The summed E-state index contributed by atoms with van der Waals surface area (Å²) in [6.07, 6.45) is 41.9. The van der Waals surface area contributed by atoms with Gasteiger partial charge >= 0.3 is 0 Å². The minimum absolute atomic E-state index is 0.00735. The van der Waals surface area contributed by atoms with E-state index in [1.54, 1.807) is 6.08 Å². The first kappa shape index (κ1) is 50.7. The van der Waals surface area contributed by atoms with Gasteiger partial charge in [-0.25, -0.2) is 0 Å². The van der Waals surface area contributed by atoms with Crippen LogP contribution in [0.1, 0.15) is 181 Å². The Morgan fingerprint density at radius 3 is 1.56 bits per heavy atom. The molecule has 3 unspecified atom stereocenters. The molecule has 0 aliphatic rings. The lowest BCUT2D eigenvalue weighted by Crippen LogP contribution is -2.45. The topological polar surface area (TPSA) is 108 Å². The molecule has 0 bridgehead atoms. The van der Waals surface area contributed by atoms with Crippen molar-refractivity contribution in [3.05, 3.63) is 36.5 Å². The number of nitrogens with zero attached hydrogens (tertiary/aromatic N) is 1. The van der Waals surface area contributed by atoms with Gasteiger partial charge in [-0.05, 0) is 57.8 Å². The summed E-state index contributed by atoms with van der Waals surface area (Å²) in [5.41, 5.74) is 0. The van der Waals surface area contributed by atoms with Gasteiger partial charge in [0.2, 0.25) is 5.91 Å². The highest BCUT2D eigenvalue weighted by molar-refractivity contribution is 7.45. The zero-order chi connectivity index (χ0) is 38.6. The predicted octanol–water partition coefficient (Wildman–Crippen LogP) is 10.9. The first-order valence-electron chi connectivity index (χ1n) is 21.4. The van der Waals surface area contributed by atoms with Gasteiger partial charge in [-0.2, -0.15) is 0 Å². The highest BCUT2D eigenvalue weighted by atomic mass is 31.2. The monoisotopic (exact) mass is 755 g/mol. The van der Waals surface area contributed by atoms with Gasteiger partial charge in [0.25, 0.3) is 7.82 Å². The molecule has 0 aromatic rings. The second-order valence-corrected chi connectivity index (χ2v) is 17.1. The van der Waals surface area contributed by atoms with Crippen LogP contribution in [-0.2, 0) is 18.4 Å². The lowest BCUT2D eigenvalue weighted by Gasteiger charge is -2.29. The fourth-order valence-corrected chi connectivity index (χ4v) is 6.59. The molecule has 8 nitrogen and oxygen atoms in total. The van der Waals surface area contributed by atoms with Crippen LogP contribution in [0.25, 0.3) is 0 Å². The Balaban J connectivity index is 4.49. The van der Waals surface area contributed by atoms with Gasteiger partial charge in [-0.15, -0.1) is 0 Å². The molecule has 0 saturated heterocycles. The van der Waals surface area contributed by atoms with Crippen LogP contribution in [0.3, 0.4) is 0 Å². The van der Waals surface area contributed by atoms with Crippen LogP contribution in [0.2, 0.25) is 0 Å². The van der Waals surface area contributed by atoms with E-state index in [9.17, 15) is 19.4 Å². The number of unbranched alkanes of at least 4 members (excludes halogenated alkanes) is 21. The Morgan fingerprint density at radius 1 is 0.654 bits per heavy atom. The van der Waals surface area contributed by atoms with Gasteiger partial charge in [0.05, 0.1) is 39.9 Å². The molecule has 2 N–H and O–H groups in total. The number of aliphatic hydroxyl groups is 1. The maximum atomic E-state index is 12.8. The molecule has 0 rings (SSSR count). The number of aliphatic hydroxyl groups excluding tert-OH is 1. The van der Waals surface area contributed by atoms with E-state index in [1.165, 1.54) is 122 Å². The van der Waals surface area contributed by atoms with E-state index in [0.717, 1.165) is 38.5 Å². The van der Waals surface area contributed by atoms with Gasteiger partial charge in [0, 0.05) is 6.42 Å². The zero-order valence-corrected chi connectivity index (χ0v) is 35.4. The van der Waals surface area contributed by atoms with Crippen LogP contribution in [-0.4, -0.2) is 68.5 Å². The van der Waals surface area contributed by atoms with Crippen molar-refractivity contribution in [1.82, 2.24) is 5.32 Å². The number of carbonyl (C=O) groups excluding carboxylic acids is 1. The van der Waals surface area contributed by atoms with E-state index in [0.29, 0.717) is 17.4 Å². The number of quaternary nitrogens is 1. The number of hydrogen-bond donors (Lipinski definition) is 2. The lowest BCUT2D eigenvalue weighted by molar-refractivity contribution is -0.870. The molecule has 0 heterocycles. The number of phosphoric acid groups is 1. The van der Waals surface area contributed by atoms with Gasteiger partial charge < -0.3 is 28.8 Å². The number of rotatable bonds is 38. The van der Waals surface area contributed by atoms with Crippen molar-refractivity contribution < 1.29 is 32.9 Å². The summed E-state index contributed by atoms with van der Waals surface area (Å²) < 4.78 is 23.1. The number of hydrogen-bond acceptors (Lipinski definition) is 6. The van der Waals surface area contributed by atoms with E-state index in [4.69, 9.17) is 9.05 Å². The number of likely N-dealkylation sites (N-methyl/N-ethyl adjacent to an activating group) is 1. The summed E-state index contributed by atoms with van der Waals surface area (Å²) in [5.74, 6) is -0.214. The van der Waals surface area contributed by atoms with Crippen molar-refractivity contribution in [3.8, 4) is 0 Å². The van der Waals surface area contributed by atoms with Crippen LogP contribution >= 0.6 is 7.82 Å². The summed E-state index contributed by atoms with van der Waals surface area (Å²) in [5, 5.41) is 13.7. The van der Waals surface area contributed by atoms with Crippen molar-refractivity contribution in [1.29, 1.82) is 0 Å². The second-order valence-electron chi connectivity index (χ2n) is 15.7. The summed E-state index contributed by atoms with van der Waals surface area (Å²) >= 11 is 0. The van der Waals surface area contributed by atoms with Crippen molar-refractivity contribution in [2.75, 3.05) is 40.9 Å². The van der Waals surface area contributed by atoms with Crippen LogP contribution < -0.4 is 10.2 Å². The Hall–Kier alpha value is -1.28. The molecule has 0 aliphatic carbocycles. The van der Waals surface area contributed by atoms with Gasteiger partial charge in [0.1, 0.15) is 13.2 Å². The molecular weight excluding hydrogens is 671 g/mol. The molecule has 0 spiro atoms. The largest absolute Gasteiger partial charge is 0.756 e. The van der Waals surface area contributed by atoms with Gasteiger partial charge in [0.15, 0.2) is 0 Å². The number of phosphoric ester groups is 1. The average Bonchev–Trinajstić information content (AvgIpc) is 3.09. The molecule has 0 aromatic heterocycles. The first-order chi connectivity index (χ1) is 25.0. The van der Waals surface area contributed by atoms with Crippen molar-refractivity contribution in [2.24, 2.45) is 0 Å². The lowest BCUT2D eigenvalue weighted by atomic mass is 10.1. The van der Waals surface area contributed by atoms with Crippen LogP contribution in [0, 0.1) is 0 Å². The van der Waals surface area contributed by atoms with Gasteiger partial charge in [-0.1, -0.05) is 153 Å². The molecule has 0 aliphatic heterocycles. The number of amides is 1. The highest BCUT2D eigenvalue weighted by Gasteiger charge is 2.23. The molecule has 0 aromatic carbocycles. The van der Waals surface area contributed by atoms with Crippen LogP contribution in [0.5, 0.6) is 0 Å². The molecule has 1 amide bonds. The summed E-state index contributed by atoms with van der Waals surface area (Å²) in [7, 11) is 1.24. The Kier molecular flexibility index (Phi) is 34.6. The van der Waals surface area contributed by atoms with Crippen molar-refractivity contribution in [3.63, 3.8) is 0 Å². The SMILES string of the molecule is CCCCCCCC/C=C\CCCCCCCCCC(=O)NC(COP(=O)([O-])OCC[N+](C)(C)C)C(O)/C=C/CC/C=C/CCCCCCCCC. The summed E-state index contributed by atoms with van der Waals surface area (Å²) in [6.45, 7) is 4.59. The van der Waals surface area contributed by atoms with E-state index in [-0.39, 0.29) is 12.5 Å². The second kappa shape index (κ2) is 35.4. The smallest absolute Gasteiger partial charge is 0.268 e. The normalized spacial score (nSPS) is 14.8. The van der Waals surface area contributed by atoms with Crippen LogP contribution in [0.4, 0.5) is 0 Å². The fraction of sp³-hybridized carbons (Fsp3) is 0.837. The van der Waals surface area contributed by atoms with E-state index >= 15 is 0 Å². The molecule has 0 radical (unpaired) electrons. The quantitative estimate of drug-likeness (QED) is 0.0281. The zero-order valence-electron chi connectivity index (χ0n) is 34.5. The third-order valence-corrected chi connectivity index (χ3v) is 10.3. The fourth-order valence-electron chi connectivity index (χ4n) is 5.87. The van der Waals surface area contributed by atoms with E-state index in [2.05, 4.69) is 43.5 Å². The average molecular weight is 755 g/mol. The highest BCUT2D eigenvalue weighted by Crippen LogP contribution is 2.38. The minimum atomic E-state index is -4.59. The Labute approximate surface area is 321 Å².